The lowest BCUT2D eigenvalue weighted by atomic mass is 10.2. The number of phenolic OH excluding ortho intramolecular Hbond substituents is 1. The van der Waals surface area contributed by atoms with Crippen molar-refractivity contribution in [3.8, 4) is 5.75 Å². The first kappa shape index (κ1) is 14.6. The van der Waals surface area contributed by atoms with Crippen LogP contribution in [0, 0.1) is 0 Å². The first-order valence-electron chi connectivity index (χ1n) is 6.52. The van der Waals surface area contributed by atoms with Gasteiger partial charge in [0.1, 0.15) is 11.8 Å². The third-order valence-electron chi connectivity index (χ3n) is 2.89. The highest BCUT2D eigenvalue weighted by Crippen LogP contribution is 2.15. The maximum atomic E-state index is 12.0. The van der Waals surface area contributed by atoms with Gasteiger partial charge >= 0.3 is 0 Å². The van der Waals surface area contributed by atoms with Gasteiger partial charge in [-0.25, -0.2) is 0 Å². The largest absolute Gasteiger partial charge is 0.508 e. The van der Waals surface area contributed by atoms with Gasteiger partial charge in [-0.2, -0.15) is 0 Å². The number of anilines is 1. The van der Waals surface area contributed by atoms with Gasteiger partial charge in [-0.3, -0.25) is 9.59 Å². The van der Waals surface area contributed by atoms with Gasteiger partial charge in [0, 0.05) is 17.3 Å². The molecule has 0 radical (unpaired) electrons. The number of amides is 2. The number of nitrogens with one attached hydrogen (secondary N) is 2. The normalized spacial score (nSPS) is 11.5. The van der Waals surface area contributed by atoms with E-state index in [0.29, 0.717) is 11.3 Å². The third kappa shape index (κ3) is 4.07. The van der Waals surface area contributed by atoms with Gasteiger partial charge < -0.3 is 15.7 Å². The molecule has 2 amide bonds. The van der Waals surface area contributed by atoms with Crippen molar-refractivity contribution >= 4 is 17.5 Å². The molecule has 21 heavy (non-hydrogen) atoms. The van der Waals surface area contributed by atoms with Gasteiger partial charge in [-0.15, -0.1) is 0 Å². The molecule has 0 heterocycles. The topological polar surface area (TPSA) is 78.4 Å². The van der Waals surface area contributed by atoms with E-state index in [-0.39, 0.29) is 17.6 Å². The fourth-order valence-corrected chi connectivity index (χ4v) is 1.77. The molecule has 1 atom stereocenters. The van der Waals surface area contributed by atoms with Gasteiger partial charge in [0.2, 0.25) is 5.91 Å². The molecule has 0 aliphatic carbocycles. The lowest BCUT2D eigenvalue weighted by molar-refractivity contribution is -0.117. The summed E-state index contributed by atoms with van der Waals surface area (Å²) in [6.07, 6.45) is 0. The highest BCUT2D eigenvalue weighted by Gasteiger charge is 2.16. The van der Waals surface area contributed by atoms with E-state index in [2.05, 4.69) is 10.6 Å². The summed E-state index contributed by atoms with van der Waals surface area (Å²) < 4.78 is 0. The summed E-state index contributed by atoms with van der Waals surface area (Å²) in [6.45, 7) is 1.60. The van der Waals surface area contributed by atoms with E-state index in [1.165, 1.54) is 12.1 Å². The molecule has 0 spiro atoms. The minimum atomic E-state index is -0.694. The molecule has 5 nitrogen and oxygen atoms in total. The predicted octanol–water partition coefficient (Wildman–Crippen LogP) is 2.15. The molecule has 0 aliphatic rings. The summed E-state index contributed by atoms with van der Waals surface area (Å²) in [5.41, 5.74) is 0.968. The molecular formula is C16H16N2O3. The van der Waals surface area contributed by atoms with Gasteiger partial charge in [0.15, 0.2) is 0 Å². The molecule has 2 aromatic carbocycles. The summed E-state index contributed by atoms with van der Waals surface area (Å²) in [7, 11) is 0. The molecule has 0 aromatic heterocycles. The Bertz CT molecular complexity index is 641. The van der Waals surface area contributed by atoms with Crippen LogP contribution < -0.4 is 10.6 Å². The number of benzene rings is 2. The van der Waals surface area contributed by atoms with Gasteiger partial charge in [0.05, 0.1) is 0 Å². The zero-order valence-corrected chi connectivity index (χ0v) is 11.5. The van der Waals surface area contributed by atoms with Crippen LogP contribution in [0.4, 0.5) is 5.69 Å². The number of carbonyl (C=O) groups excluding carboxylic acids is 2. The Morgan fingerprint density at radius 2 is 1.76 bits per heavy atom. The van der Waals surface area contributed by atoms with Crippen molar-refractivity contribution in [2.75, 3.05) is 5.32 Å². The van der Waals surface area contributed by atoms with Crippen molar-refractivity contribution in [1.29, 1.82) is 0 Å². The summed E-state index contributed by atoms with van der Waals surface area (Å²) in [4.78, 5) is 23.9. The Hall–Kier alpha value is -2.82. The Labute approximate surface area is 122 Å². The van der Waals surface area contributed by atoms with E-state index in [9.17, 15) is 14.7 Å². The standard InChI is InChI=1S/C16H16N2O3/c1-11(17-16(21)12-6-3-2-4-7-12)15(20)18-13-8-5-9-14(19)10-13/h2-11,19H,1H3,(H,17,21)(H,18,20). The number of aromatic hydroxyl groups is 1. The first-order chi connectivity index (χ1) is 10.1. The number of hydrogen-bond acceptors (Lipinski definition) is 3. The van der Waals surface area contributed by atoms with E-state index in [1.807, 2.05) is 6.07 Å². The van der Waals surface area contributed by atoms with Crippen LogP contribution in [-0.2, 0) is 4.79 Å². The second-order valence-corrected chi connectivity index (χ2v) is 4.60. The third-order valence-corrected chi connectivity index (χ3v) is 2.89. The number of carbonyl (C=O) groups is 2. The number of rotatable bonds is 4. The molecule has 1 unspecified atom stereocenters. The molecule has 0 saturated carbocycles. The van der Waals surface area contributed by atoms with Crippen LogP contribution >= 0.6 is 0 Å². The van der Waals surface area contributed by atoms with Crippen molar-refractivity contribution in [3.63, 3.8) is 0 Å². The Morgan fingerprint density at radius 3 is 2.43 bits per heavy atom. The van der Waals surface area contributed by atoms with Crippen LogP contribution in [0.5, 0.6) is 5.75 Å². The molecule has 0 bridgehead atoms. The monoisotopic (exact) mass is 284 g/mol. The molecule has 108 valence electrons. The zero-order chi connectivity index (χ0) is 15.2. The number of phenols is 1. The maximum absolute atomic E-state index is 12.0. The lowest BCUT2D eigenvalue weighted by Crippen LogP contribution is -2.41. The molecule has 2 aromatic rings. The average molecular weight is 284 g/mol. The Kier molecular flexibility index (Phi) is 4.56. The molecule has 3 N–H and O–H groups in total. The van der Waals surface area contributed by atoms with Crippen LogP contribution in [0.2, 0.25) is 0 Å². The molecule has 0 saturated heterocycles. The smallest absolute Gasteiger partial charge is 0.251 e. The van der Waals surface area contributed by atoms with Crippen LogP contribution in [-0.4, -0.2) is 23.0 Å². The predicted molar refractivity (Wildman–Crippen MR) is 80.1 cm³/mol. The maximum Gasteiger partial charge on any atom is 0.251 e. The summed E-state index contributed by atoms with van der Waals surface area (Å²) in [6, 6.07) is 14.2. The molecule has 0 fully saturated rings. The van der Waals surface area contributed by atoms with Crippen molar-refractivity contribution in [2.24, 2.45) is 0 Å². The second-order valence-electron chi connectivity index (χ2n) is 4.60. The fraction of sp³-hybridized carbons (Fsp3) is 0.125. The minimum absolute atomic E-state index is 0.0637. The summed E-state index contributed by atoms with van der Waals surface area (Å²) in [5, 5.41) is 14.6. The molecule has 0 aliphatic heterocycles. The molecule has 2 rings (SSSR count). The van der Waals surface area contributed by atoms with Crippen LogP contribution in [0.25, 0.3) is 0 Å². The van der Waals surface area contributed by atoms with Crippen LogP contribution in [0.1, 0.15) is 17.3 Å². The Balaban J connectivity index is 1.95. The second kappa shape index (κ2) is 6.56. The molecule has 5 heteroatoms. The van der Waals surface area contributed by atoms with Gasteiger partial charge in [-0.05, 0) is 31.2 Å². The quantitative estimate of drug-likeness (QED) is 0.805. The minimum Gasteiger partial charge on any atom is -0.508 e. The number of hydrogen-bond donors (Lipinski definition) is 3. The van der Waals surface area contributed by atoms with E-state index in [4.69, 9.17) is 0 Å². The van der Waals surface area contributed by atoms with Crippen LogP contribution in [0.15, 0.2) is 54.6 Å². The molecular weight excluding hydrogens is 268 g/mol. The van der Waals surface area contributed by atoms with Gasteiger partial charge in [0.25, 0.3) is 5.91 Å². The summed E-state index contributed by atoms with van der Waals surface area (Å²) >= 11 is 0. The van der Waals surface area contributed by atoms with Crippen molar-refractivity contribution < 1.29 is 14.7 Å². The SMILES string of the molecule is CC(NC(=O)c1ccccc1)C(=O)Nc1cccc(O)c1. The average Bonchev–Trinajstić information content (AvgIpc) is 2.48. The van der Waals surface area contributed by atoms with Crippen molar-refractivity contribution in [1.82, 2.24) is 5.32 Å². The van der Waals surface area contributed by atoms with E-state index < -0.39 is 6.04 Å². The van der Waals surface area contributed by atoms with Crippen LogP contribution in [0.3, 0.4) is 0 Å². The highest BCUT2D eigenvalue weighted by atomic mass is 16.3. The zero-order valence-electron chi connectivity index (χ0n) is 11.5. The summed E-state index contributed by atoms with van der Waals surface area (Å²) in [5.74, 6) is -0.604. The van der Waals surface area contributed by atoms with E-state index >= 15 is 0 Å². The lowest BCUT2D eigenvalue weighted by Gasteiger charge is -2.14. The Morgan fingerprint density at radius 1 is 1.05 bits per heavy atom. The fourth-order valence-electron chi connectivity index (χ4n) is 1.77. The first-order valence-corrected chi connectivity index (χ1v) is 6.52. The van der Waals surface area contributed by atoms with Crippen molar-refractivity contribution in [2.45, 2.75) is 13.0 Å². The van der Waals surface area contributed by atoms with E-state index in [1.54, 1.807) is 43.3 Å². The van der Waals surface area contributed by atoms with E-state index in [0.717, 1.165) is 0 Å². The van der Waals surface area contributed by atoms with Crippen molar-refractivity contribution in [3.05, 3.63) is 60.2 Å². The van der Waals surface area contributed by atoms with Gasteiger partial charge in [-0.1, -0.05) is 24.3 Å². The highest BCUT2D eigenvalue weighted by molar-refractivity contribution is 6.00.